The van der Waals surface area contributed by atoms with Crippen molar-refractivity contribution in [1.82, 2.24) is 10.6 Å². The van der Waals surface area contributed by atoms with Crippen molar-refractivity contribution in [1.29, 1.82) is 0 Å². The number of carboxylic acid groups (broad SMARTS) is 1. The van der Waals surface area contributed by atoms with Crippen LogP contribution in [0.25, 0.3) is 0 Å². The van der Waals surface area contributed by atoms with Crippen molar-refractivity contribution >= 4 is 11.9 Å². The van der Waals surface area contributed by atoms with Gasteiger partial charge in [0.15, 0.2) is 0 Å². The number of rotatable bonds is 4. The summed E-state index contributed by atoms with van der Waals surface area (Å²) in [6.07, 6.45) is 6.01. The van der Waals surface area contributed by atoms with Gasteiger partial charge in [0.25, 0.3) is 0 Å². The first kappa shape index (κ1) is 14.3. The number of nitrogens with one attached hydrogen (secondary N) is 2. The van der Waals surface area contributed by atoms with Gasteiger partial charge < -0.3 is 15.7 Å². The van der Waals surface area contributed by atoms with Crippen LogP contribution >= 0.6 is 0 Å². The molecule has 0 radical (unpaired) electrons. The van der Waals surface area contributed by atoms with E-state index in [4.69, 9.17) is 0 Å². The van der Waals surface area contributed by atoms with E-state index in [0.717, 1.165) is 45.1 Å². The zero-order chi connectivity index (χ0) is 13.9. The van der Waals surface area contributed by atoms with Gasteiger partial charge in [0, 0.05) is 6.04 Å². The Labute approximate surface area is 114 Å². The molecular weight excluding hydrogens is 244 g/mol. The molecule has 2 fully saturated rings. The standard InChI is InChI=1S/C14H24N2O3/c1-2-14(8-5-9-15-14)13(19)16-11-7-4-3-6-10(11)12(17)18/h10-11,15H,2-9H2,1H3,(H,16,19)(H,17,18). The molecule has 0 aromatic heterocycles. The monoisotopic (exact) mass is 268 g/mol. The molecule has 1 aliphatic heterocycles. The molecule has 3 atom stereocenters. The highest BCUT2D eigenvalue weighted by Gasteiger charge is 2.41. The summed E-state index contributed by atoms with van der Waals surface area (Å²) in [5.74, 6) is -1.21. The lowest BCUT2D eigenvalue weighted by Gasteiger charge is -2.34. The predicted octanol–water partition coefficient (Wildman–Crippen LogP) is 1.28. The van der Waals surface area contributed by atoms with Crippen LogP contribution in [0.4, 0.5) is 0 Å². The lowest BCUT2D eigenvalue weighted by molar-refractivity contribution is -0.144. The van der Waals surface area contributed by atoms with Crippen LogP contribution in [-0.4, -0.2) is 35.1 Å². The minimum absolute atomic E-state index is 0.00866. The molecule has 1 aliphatic carbocycles. The lowest BCUT2D eigenvalue weighted by Crippen LogP contribution is -2.57. The molecule has 0 bridgehead atoms. The topological polar surface area (TPSA) is 78.4 Å². The van der Waals surface area contributed by atoms with E-state index in [1.807, 2.05) is 6.92 Å². The Kier molecular flexibility index (Phi) is 4.45. The Morgan fingerprint density at radius 2 is 2.05 bits per heavy atom. The maximum absolute atomic E-state index is 12.5. The zero-order valence-electron chi connectivity index (χ0n) is 11.6. The van der Waals surface area contributed by atoms with E-state index in [1.165, 1.54) is 0 Å². The Balaban J connectivity index is 2.02. The maximum atomic E-state index is 12.5. The highest BCUT2D eigenvalue weighted by atomic mass is 16.4. The van der Waals surface area contributed by atoms with Gasteiger partial charge in [0.05, 0.1) is 11.5 Å². The van der Waals surface area contributed by atoms with Gasteiger partial charge in [-0.2, -0.15) is 0 Å². The first-order valence-corrected chi connectivity index (χ1v) is 7.38. The first-order chi connectivity index (χ1) is 9.09. The summed E-state index contributed by atoms with van der Waals surface area (Å²) in [4.78, 5) is 23.7. The fourth-order valence-electron chi connectivity index (χ4n) is 3.37. The molecule has 0 spiro atoms. The van der Waals surface area contributed by atoms with Crippen molar-refractivity contribution in [3.05, 3.63) is 0 Å². The van der Waals surface area contributed by atoms with Gasteiger partial charge >= 0.3 is 5.97 Å². The quantitative estimate of drug-likeness (QED) is 0.717. The summed E-state index contributed by atoms with van der Waals surface area (Å²) in [6, 6.07) is -0.204. The minimum Gasteiger partial charge on any atom is -0.481 e. The summed E-state index contributed by atoms with van der Waals surface area (Å²) in [5, 5.41) is 15.5. The van der Waals surface area contributed by atoms with Crippen LogP contribution in [0.3, 0.4) is 0 Å². The largest absolute Gasteiger partial charge is 0.481 e. The van der Waals surface area contributed by atoms with Gasteiger partial charge in [-0.05, 0) is 38.6 Å². The van der Waals surface area contributed by atoms with Crippen LogP contribution in [-0.2, 0) is 9.59 Å². The number of carbonyl (C=O) groups excluding carboxylic acids is 1. The van der Waals surface area contributed by atoms with Crippen LogP contribution in [0.15, 0.2) is 0 Å². The molecular formula is C14H24N2O3. The number of carboxylic acids is 1. The van der Waals surface area contributed by atoms with Crippen LogP contribution in [0.2, 0.25) is 0 Å². The SMILES string of the molecule is CCC1(C(=O)NC2CCCCC2C(=O)O)CCCN1. The molecule has 2 rings (SSSR count). The molecule has 5 heteroatoms. The molecule has 19 heavy (non-hydrogen) atoms. The fourth-order valence-corrected chi connectivity index (χ4v) is 3.37. The smallest absolute Gasteiger partial charge is 0.308 e. The third kappa shape index (κ3) is 2.91. The van der Waals surface area contributed by atoms with Crippen molar-refractivity contribution in [3.8, 4) is 0 Å². The van der Waals surface area contributed by atoms with E-state index >= 15 is 0 Å². The Bertz CT molecular complexity index is 351. The second kappa shape index (κ2) is 5.90. The average molecular weight is 268 g/mol. The van der Waals surface area contributed by atoms with Gasteiger partial charge in [-0.1, -0.05) is 19.8 Å². The normalized spacial score (nSPS) is 35.0. The Hall–Kier alpha value is -1.10. The zero-order valence-corrected chi connectivity index (χ0v) is 11.6. The molecule has 0 aromatic carbocycles. The maximum Gasteiger partial charge on any atom is 0.308 e. The second-order valence-electron chi connectivity index (χ2n) is 5.78. The summed E-state index contributed by atoms with van der Waals surface area (Å²) >= 11 is 0. The molecule has 2 aliphatic rings. The van der Waals surface area contributed by atoms with E-state index in [0.29, 0.717) is 6.42 Å². The van der Waals surface area contributed by atoms with E-state index in [-0.39, 0.29) is 11.9 Å². The van der Waals surface area contributed by atoms with Gasteiger partial charge in [0.1, 0.15) is 0 Å². The van der Waals surface area contributed by atoms with Crippen LogP contribution in [0, 0.1) is 5.92 Å². The Morgan fingerprint density at radius 3 is 2.63 bits per heavy atom. The van der Waals surface area contributed by atoms with Crippen molar-refractivity contribution in [2.45, 2.75) is 63.5 Å². The van der Waals surface area contributed by atoms with Gasteiger partial charge in [0.2, 0.25) is 5.91 Å². The summed E-state index contributed by atoms with van der Waals surface area (Å²) in [5.41, 5.74) is -0.472. The summed E-state index contributed by atoms with van der Waals surface area (Å²) < 4.78 is 0. The molecule has 3 N–H and O–H groups in total. The Morgan fingerprint density at radius 1 is 1.32 bits per heavy atom. The molecule has 1 heterocycles. The number of hydrogen-bond donors (Lipinski definition) is 3. The number of hydrogen-bond acceptors (Lipinski definition) is 3. The number of aliphatic carboxylic acids is 1. The molecule has 0 aromatic rings. The van der Waals surface area contributed by atoms with E-state index in [9.17, 15) is 14.7 Å². The van der Waals surface area contributed by atoms with Crippen LogP contribution < -0.4 is 10.6 Å². The fraction of sp³-hybridized carbons (Fsp3) is 0.857. The average Bonchev–Trinajstić information content (AvgIpc) is 2.89. The van der Waals surface area contributed by atoms with E-state index in [1.54, 1.807) is 0 Å². The van der Waals surface area contributed by atoms with Crippen molar-refractivity contribution < 1.29 is 14.7 Å². The van der Waals surface area contributed by atoms with Gasteiger partial charge in [-0.3, -0.25) is 9.59 Å². The van der Waals surface area contributed by atoms with E-state index < -0.39 is 17.4 Å². The van der Waals surface area contributed by atoms with Crippen LogP contribution in [0.1, 0.15) is 51.9 Å². The highest BCUT2D eigenvalue weighted by molar-refractivity contribution is 5.87. The van der Waals surface area contributed by atoms with E-state index in [2.05, 4.69) is 10.6 Å². The van der Waals surface area contributed by atoms with Gasteiger partial charge in [-0.15, -0.1) is 0 Å². The van der Waals surface area contributed by atoms with Crippen molar-refractivity contribution in [2.24, 2.45) is 5.92 Å². The molecule has 3 unspecified atom stereocenters. The highest BCUT2D eigenvalue weighted by Crippen LogP contribution is 2.27. The van der Waals surface area contributed by atoms with Crippen molar-refractivity contribution in [3.63, 3.8) is 0 Å². The lowest BCUT2D eigenvalue weighted by atomic mass is 9.83. The van der Waals surface area contributed by atoms with Gasteiger partial charge in [-0.25, -0.2) is 0 Å². The molecule has 1 saturated heterocycles. The predicted molar refractivity (Wildman–Crippen MR) is 71.8 cm³/mol. The van der Waals surface area contributed by atoms with Crippen molar-refractivity contribution in [2.75, 3.05) is 6.54 Å². The molecule has 108 valence electrons. The third-order valence-electron chi connectivity index (χ3n) is 4.68. The van der Waals surface area contributed by atoms with Crippen LogP contribution in [0.5, 0.6) is 0 Å². The minimum atomic E-state index is -0.782. The first-order valence-electron chi connectivity index (χ1n) is 7.38. The third-order valence-corrected chi connectivity index (χ3v) is 4.68. The number of carbonyl (C=O) groups is 2. The molecule has 1 saturated carbocycles. The molecule has 1 amide bonds. The second-order valence-corrected chi connectivity index (χ2v) is 5.78. The summed E-state index contributed by atoms with van der Waals surface area (Å²) in [7, 11) is 0. The summed E-state index contributed by atoms with van der Waals surface area (Å²) in [6.45, 7) is 2.88. The molecule has 5 nitrogen and oxygen atoms in total. The number of amides is 1.